The van der Waals surface area contributed by atoms with E-state index in [2.05, 4.69) is 46.7 Å². The van der Waals surface area contributed by atoms with Gasteiger partial charge in [-0.15, -0.1) is 11.3 Å². The third kappa shape index (κ3) is 4.22. The molecule has 2 N–H and O–H groups in total. The predicted octanol–water partition coefficient (Wildman–Crippen LogP) is 4.33. The van der Waals surface area contributed by atoms with Crippen LogP contribution >= 0.6 is 11.3 Å². The lowest BCUT2D eigenvalue weighted by Gasteiger charge is -2.04. The van der Waals surface area contributed by atoms with E-state index in [1.807, 2.05) is 31.2 Å². The van der Waals surface area contributed by atoms with Crippen molar-refractivity contribution in [3.8, 4) is 10.6 Å². The van der Waals surface area contributed by atoms with Gasteiger partial charge in [-0.3, -0.25) is 9.89 Å². The largest absolute Gasteiger partial charge is 0.291 e. The Morgan fingerprint density at radius 1 is 1.24 bits per heavy atom. The number of nitrogens with zero attached hydrogens (tertiary/aromatic N) is 2. The van der Waals surface area contributed by atoms with E-state index in [4.69, 9.17) is 0 Å². The first-order valence-corrected chi connectivity index (χ1v) is 8.90. The summed E-state index contributed by atoms with van der Waals surface area (Å²) in [7, 11) is 0. The number of aromatic amines is 1. The fraction of sp³-hybridized carbons (Fsp3) is 0.211. The minimum atomic E-state index is -0.342. The average molecular weight is 352 g/mol. The van der Waals surface area contributed by atoms with Gasteiger partial charge in [-0.1, -0.05) is 38.1 Å². The molecule has 1 aromatic carbocycles. The number of hydrogen-bond acceptors (Lipinski definition) is 4. The molecule has 3 rings (SSSR count). The molecule has 6 heteroatoms. The van der Waals surface area contributed by atoms with E-state index in [1.54, 1.807) is 23.6 Å². The van der Waals surface area contributed by atoms with Crippen LogP contribution in [0, 0.1) is 6.92 Å². The Labute approximate surface area is 150 Å². The highest BCUT2D eigenvalue weighted by Crippen LogP contribution is 2.26. The fourth-order valence-electron chi connectivity index (χ4n) is 2.33. The Hall–Kier alpha value is -2.73. The number of benzene rings is 1. The zero-order chi connectivity index (χ0) is 17.8. The average Bonchev–Trinajstić information content (AvgIpc) is 3.24. The Morgan fingerprint density at radius 3 is 2.64 bits per heavy atom. The molecule has 0 aliphatic rings. The van der Waals surface area contributed by atoms with E-state index in [1.165, 1.54) is 10.4 Å². The molecule has 25 heavy (non-hydrogen) atoms. The molecule has 0 unspecified atom stereocenters. The molecule has 0 saturated carbocycles. The lowest BCUT2D eigenvalue weighted by Crippen LogP contribution is -2.18. The van der Waals surface area contributed by atoms with E-state index in [0.29, 0.717) is 11.6 Å². The molecule has 128 valence electrons. The molecule has 0 aliphatic carbocycles. The predicted molar refractivity (Wildman–Crippen MR) is 102 cm³/mol. The maximum atomic E-state index is 12.1. The number of amides is 1. The van der Waals surface area contributed by atoms with Crippen molar-refractivity contribution in [2.75, 3.05) is 0 Å². The van der Waals surface area contributed by atoms with E-state index >= 15 is 0 Å². The summed E-state index contributed by atoms with van der Waals surface area (Å²) in [6.45, 7) is 6.35. The molecule has 0 aliphatic heterocycles. The number of carbonyl (C=O) groups excluding carboxylic acids is 1. The van der Waals surface area contributed by atoms with E-state index < -0.39 is 0 Å². The smallest absolute Gasteiger partial charge is 0.276 e. The molecule has 0 fully saturated rings. The van der Waals surface area contributed by atoms with Crippen molar-refractivity contribution in [2.24, 2.45) is 5.10 Å². The second-order valence-electron chi connectivity index (χ2n) is 6.10. The molecule has 1 amide bonds. The molecule has 0 saturated heterocycles. The Morgan fingerprint density at radius 2 is 2.00 bits per heavy atom. The van der Waals surface area contributed by atoms with E-state index in [0.717, 1.165) is 16.1 Å². The van der Waals surface area contributed by atoms with Crippen molar-refractivity contribution in [3.63, 3.8) is 0 Å². The van der Waals surface area contributed by atoms with Crippen LogP contribution in [0.1, 0.15) is 46.3 Å². The highest BCUT2D eigenvalue weighted by atomic mass is 32.1. The second-order valence-corrected chi connectivity index (χ2v) is 7.39. The van der Waals surface area contributed by atoms with E-state index in [-0.39, 0.29) is 5.91 Å². The number of carbonyl (C=O) groups is 1. The summed E-state index contributed by atoms with van der Waals surface area (Å²) < 4.78 is 0. The molecule has 2 aromatic heterocycles. The summed E-state index contributed by atoms with van der Waals surface area (Å²) in [4.78, 5) is 14.4. The number of rotatable bonds is 5. The third-order valence-electron chi connectivity index (χ3n) is 3.80. The van der Waals surface area contributed by atoms with Gasteiger partial charge in [-0.05, 0) is 42.2 Å². The Bertz CT molecular complexity index is 890. The van der Waals surface area contributed by atoms with Gasteiger partial charge in [0.25, 0.3) is 5.91 Å². The van der Waals surface area contributed by atoms with Crippen LogP contribution in [0.5, 0.6) is 0 Å². The van der Waals surface area contributed by atoms with Gasteiger partial charge in [-0.25, -0.2) is 5.43 Å². The van der Waals surface area contributed by atoms with Crippen LogP contribution in [0.3, 0.4) is 0 Å². The summed E-state index contributed by atoms with van der Waals surface area (Å²) >= 11 is 1.65. The van der Waals surface area contributed by atoms with Gasteiger partial charge in [0.05, 0.1) is 16.8 Å². The van der Waals surface area contributed by atoms with Gasteiger partial charge in [0.1, 0.15) is 0 Å². The van der Waals surface area contributed by atoms with Gasteiger partial charge in [-0.2, -0.15) is 10.2 Å². The van der Waals surface area contributed by atoms with Crippen LogP contribution in [0.4, 0.5) is 0 Å². The molecule has 5 nitrogen and oxygen atoms in total. The fourth-order valence-corrected chi connectivity index (χ4v) is 3.17. The van der Waals surface area contributed by atoms with Crippen molar-refractivity contribution >= 4 is 23.5 Å². The normalized spacial score (nSPS) is 11.4. The van der Waals surface area contributed by atoms with Gasteiger partial charge in [0, 0.05) is 4.88 Å². The first-order chi connectivity index (χ1) is 12.0. The van der Waals surface area contributed by atoms with Crippen molar-refractivity contribution in [3.05, 3.63) is 64.2 Å². The molecule has 0 radical (unpaired) electrons. The quantitative estimate of drug-likeness (QED) is 0.530. The van der Waals surface area contributed by atoms with Crippen LogP contribution < -0.4 is 5.43 Å². The highest BCUT2D eigenvalue weighted by molar-refractivity contribution is 7.15. The van der Waals surface area contributed by atoms with Crippen molar-refractivity contribution < 1.29 is 4.79 Å². The zero-order valence-electron chi connectivity index (χ0n) is 14.4. The summed E-state index contributed by atoms with van der Waals surface area (Å²) in [5.41, 5.74) is 5.85. The first kappa shape index (κ1) is 17.1. The number of aryl methyl sites for hydroxylation is 1. The molecule has 3 aromatic rings. The van der Waals surface area contributed by atoms with Gasteiger partial charge in [0.2, 0.25) is 0 Å². The van der Waals surface area contributed by atoms with Crippen LogP contribution in [-0.4, -0.2) is 22.3 Å². The monoisotopic (exact) mass is 352 g/mol. The SMILES string of the molecule is Cc1ccc(-c2cc(C(=O)N/N=C/c3ccc(C(C)C)cc3)n[nH]2)s1. The number of hydrazone groups is 1. The van der Waals surface area contributed by atoms with Gasteiger partial charge >= 0.3 is 0 Å². The second kappa shape index (κ2) is 7.44. The maximum absolute atomic E-state index is 12.1. The minimum absolute atomic E-state index is 0.313. The van der Waals surface area contributed by atoms with Gasteiger partial charge in [0.15, 0.2) is 5.69 Å². The van der Waals surface area contributed by atoms with Crippen molar-refractivity contribution in [2.45, 2.75) is 26.7 Å². The van der Waals surface area contributed by atoms with E-state index in [9.17, 15) is 4.79 Å². The van der Waals surface area contributed by atoms with Crippen molar-refractivity contribution in [1.29, 1.82) is 0 Å². The van der Waals surface area contributed by atoms with Crippen LogP contribution in [0.15, 0.2) is 47.6 Å². The Balaban J connectivity index is 1.61. The standard InChI is InChI=1S/C19H20N4OS/c1-12(2)15-7-5-14(6-8-15)11-20-23-19(24)17-10-16(21-22-17)18-9-4-13(3)25-18/h4-12H,1-3H3,(H,21,22)(H,23,24)/b20-11+. The van der Waals surface area contributed by atoms with Crippen LogP contribution in [0.2, 0.25) is 0 Å². The Kier molecular flexibility index (Phi) is 5.09. The number of nitrogens with one attached hydrogen (secondary N) is 2. The molecule has 0 bridgehead atoms. The lowest BCUT2D eigenvalue weighted by molar-refractivity contribution is 0.0950. The number of hydrogen-bond donors (Lipinski definition) is 2. The zero-order valence-corrected chi connectivity index (χ0v) is 15.2. The lowest BCUT2D eigenvalue weighted by atomic mass is 10.0. The van der Waals surface area contributed by atoms with Crippen LogP contribution in [-0.2, 0) is 0 Å². The number of thiophene rings is 1. The minimum Gasteiger partial charge on any atom is -0.276 e. The molecule has 0 atom stereocenters. The van der Waals surface area contributed by atoms with Crippen molar-refractivity contribution in [1.82, 2.24) is 15.6 Å². The number of H-pyrrole nitrogens is 1. The molecule has 0 spiro atoms. The molecular weight excluding hydrogens is 332 g/mol. The molecule has 2 heterocycles. The summed E-state index contributed by atoms with van der Waals surface area (Å²) in [6.07, 6.45) is 1.62. The first-order valence-electron chi connectivity index (χ1n) is 8.08. The summed E-state index contributed by atoms with van der Waals surface area (Å²) in [5, 5.41) is 10.9. The third-order valence-corrected chi connectivity index (χ3v) is 4.83. The number of aromatic nitrogens is 2. The maximum Gasteiger partial charge on any atom is 0.291 e. The van der Waals surface area contributed by atoms with Gasteiger partial charge < -0.3 is 0 Å². The summed E-state index contributed by atoms with van der Waals surface area (Å²) in [6, 6.07) is 13.9. The highest BCUT2D eigenvalue weighted by Gasteiger charge is 2.11. The molecular formula is C19H20N4OS. The summed E-state index contributed by atoms with van der Waals surface area (Å²) in [5.74, 6) is 0.150. The van der Waals surface area contributed by atoms with Crippen LogP contribution in [0.25, 0.3) is 10.6 Å². The topological polar surface area (TPSA) is 70.1 Å².